The van der Waals surface area contributed by atoms with Crippen molar-refractivity contribution in [1.29, 1.82) is 0 Å². The predicted molar refractivity (Wildman–Crippen MR) is 266 cm³/mol. The highest BCUT2D eigenvalue weighted by Gasteiger charge is 2.46. The molecule has 2 aromatic heterocycles. The van der Waals surface area contributed by atoms with Crippen molar-refractivity contribution >= 4 is 46.3 Å². The predicted octanol–water partition coefficient (Wildman–Crippen LogP) is 5.74. The summed E-state index contributed by atoms with van der Waals surface area (Å²) in [5.74, 6) is 6.82. The number of hydrogen-bond acceptors (Lipinski definition) is 13. The fraction of sp³-hybridized carbons (Fsp3) is 0.309. The molecule has 0 bridgehead atoms. The average molecular weight is 952 g/mol. The number of para-hydroxylation sites is 1. The van der Waals surface area contributed by atoms with E-state index in [1.165, 1.54) is 0 Å². The molecule has 2 saturated heterocycles. The number of aromatic nitrogens is 3. The number of ether oxygens (including phenoxy) is 2. The second-order valence-electron chi connectivity index (χ2n) is 18.1. The van der Waals surface area contributed by atoms with Crippen molar-refractivity contribution in [3.63, 3.8) is 0 Å². The molecule has 0 aliphatic carbocycles. The van der Waals surface area contributed by atoms with Gasteiger partial charge < -0.3 is 24.6 Å². The summed E-state index contributed by atoms with van der Waals surface area (Å²) in [5.41, 5.74) is 6.46. The second kappa shape index (κ2) is 20.9. The number of carbonyl (C=O) groups excluding carboxylic acids is 5. The summed E-state index contributed by atoms with van der Waals surface area (Å²) in [7, 11) is 1.86. The molecule has 16 heteroatoms. The zero-order valence-corrected chi connectivity index (χ0v) is 39.5. The molecule has 360 valence electrons. The standard InChI is InChI=1S/C55H53N9O7/c1-56-51-42-23-26-63(34-45(42)58-50(60-51)40-32-39-9-2-3-11-44(39)57-33-40)53(67)38-17-13-37(14-18-38)35-71-41-19-15-36(16-20-41)8-7-25-62-29-27-61(28-30-62)24-4-5-31-70-47-12-6-10-43-49(47)55(69)64(54(43)68)46-21-22-48(65)59-52(46)66/h2-3,6,9-20,32-33,46H,4-5,21-31,34-35H2,1H3,(H,56,58,60)(H,59,65,66). The Morgan fingerprint density at radius 2 is 1.63 bits per heavy atom. The highest BCUT2D eigenvalue weighted by atomic mass is 16.5. The van der Waals surface area contributed by atoms with Crippen LogP contribution in [0.25, 0.3) is 22.3 Å². The molecular weight excluding hydrogens is 899 g/mol. The Morgan fingerprint density at radius 1 is 0.831 bits per heavy atom. The third-order valence-electron chi connectivity index (χ3n) is 13.5. The lowest BCUT2D eigenvalue weighted by Gasteiger charge is -2.33. The second-order valence-corrected chi connectivity index (χ2v) is 18.1. The van der Waals surface area contributed by atoms with Crippen molar-refractivity contribution in [2.45, 2.75) is 51.3 Å². The lowest BCUT2D eigenvalue weighted by atomic mass is 10.0. The summed E-state index contributed by atoms with van der Waals surface area (Å²) < 4.78 is 12.1. The number of nitrogens with one attached hydrogen (secondary N) is 2. The molecular formula is C55H53N9O7. The molecule has 0 spiro atoms. The molecule has 10 rings (SSSR count). The van der Waals surface area contributed by atoms with Crippen molar-refractivity contribution < 1.29 is 33.4 Å². The van der Waals surface area contributed by atoms with Gasteiger partial charge in [0.1, 0.15) is 30.0 Å². The van der Waals surface area contributed by atoms with Crippen molar-refractivity contribution in [2.24, 2.45) is 0 Å². The third kappa shape index (κ3) is 10.3. The lowest BCUT2D eigenvalue weighted by Crippen LogP contribution is -2.54. The van der Waals surface area contributed by atoms with E-state index in [2.05, 4.69) is 37.3 Å². The first-order chi connectivity index (χ1) is 34.7. The van der Waals surface area contributed by atoms with Gasteiger partial charge in [-0.05, 0) is 98.5 Å². The number of pyridine rings is 1. The number of rotatable bonds is 14. The van der Waals surface area contributed by atoms with Crippen LogP contribution >= 0.6 is 0 Å². The van der Waals surface area contributed by atoms with Gasteiger partial charge in [-0.1, -0.05) is 48.2 Å². The molecule has 6 heterocycles. The van der Waals surface area contributed by atoms with E-state index in [1.54, 1.807) is 24.4 Å². The maximum atomic E-state index is 13.7. The molecule has 4 aliphatic heterocycles. The van der Waals surface area contributed by atoms with E-state index >= 15 is 0 Å². The Hall–Kier alpha value is -8.00. The van der Waals surface area contributed by atoms with Crippen molar-refractivity contribution in [3.05, 3.63) is 142 Å². The number of amides is 5. The van der Waals surface area contributed by atoms with E-state index in [9.17, 15) is 24.0 Å². The fourth-order valence-corrected chi connectivity index (χ4v) is 9.51. The minimum absolute atomic E-state index is 0.0459. The van der Waals surface area contributed by atoms with Crippen LogP contribution < -0.4 is 20.1 Å². The van der Waals surface area contributed by atoms with Gasteiger partial charge in [0.15, 0.2) is 5.82 Å². The van der Waals surface area contributed by atoms with Gasteiger partial charge in [-0.25, -0.2) is 9.97 Å². The number of imide groups is 2. The van der Waals surface area contributed by atoms with Crippen LogP contribution in [0.2, 0.25) is 0 Å². The highest BCUT2D eigenvalue weighted by Crippen LogP contribution is 2.34. The molecule has 0 saturated carbocycles. The Morgan fingerprint density at radius 3 is 2.44 bits per heavy atom. The maximum absolute atomic E-state index is 13.7. The molecule has 2 N–H and O–H groups in total. The van der Waals surface area contributed by atoms with E-state index in [0.29, 0.717) is 56.4 Å². The molecule has 16 nitrogen and oxygen atoms in total. The molecule has 0 radical (unpaired) electrons. The van der Waals surface area contributed by atoms with Gasteiger partial charge in [-0.15, -0.1) is 0 Å². The Bertz CT molecular complexity index is 3090. The summed E-state index contributed by atoms with van der Waals surface area (Å²) in [4.78, 5) is 86.2. The fourth-order valence-electron chi connectivity index (χ4n) is 9.51. The minimum atomic E-state index is -1.02. The van der Waals surface area contributed by atoms with Crippen LogP contribution in [-0.4, -0.2) is 130 Å². The Kier molecular flexibility index (Phi) is 13.8. The minimum Gasteiger partial charge on any atom is -0.493 e. The molecule has 1 atom stereocenters. The molecule has 4 aliphatic rings. The molecule has 71 heavy (non-hydrogen) atoms. The van der Waals surface area contributed by atoms with Crippen molar-refractivity contribution in [3.8, 4) is 34.7 Å². The van der Waals surface area contributed by atoms with Gasteiger partial charge in [0.25, 0.3) is 17.7 Å². The molecule has 4 aromatic carbocycles. The molecule has 2 fully saturated rings. The lowest BCUT2D eigenvalue weighted by molar-refractivity contribution is -0.136. The van der Waals surface area contributed by atoms with Gasteiger partial charge in [-0.3, -0.25) is 44.1 Å². The Balaban J connectivity index is 0.631. The third-order valence-corrected chi connectivity index (χ3v) is 13.5. The van der Waals surface area contributed by atoms with Gasteiger partial charge >= 0.3 is 0 Å². The quantitative estimate of drug-likeness (QED) is 0.0768. The van der Waals surface area contributed by atoms with Crippen molar-refractivity contribution in [1.82, 2.24) is 39.9 Å². The number of piperidine rings is 1. The zero-order chi connectivity index (χ0) is 48.8. The number of anilines is 1. The van der Waals surface area contributed by atoms with Crippen LogP contribution in [0.4, 0.5) is 5.82 Å². The first-order valence-corrected chi connectivity index (χ1v) is 24.1. The normalized spacial score (nSPS) is 17.1. The number of hydrogen-bond donors (Lipinski definition) is 2. The van der Waals surface area contributed by atoms with E-state index in [1.807, 2.05) is 90.8 Å². The molecule has 6 aromatic rings. The van der Waals surface area contributed by atoms with E-state index in [-0.39, 0.29) is 29.9 Å². The average Bonchev–Trinajstić information content (AvgIpc) is 3.66. The number of nitrogens with zero attached hydrogens (tertiary/aromatic N) is 7. The number of benzene rings is 4. The number of fused-ring (bicyclic) bond motifs is 3. The summed E-state index contributed by atoms with van der Waals surface area (Å²) in [6.07, 6.45) is 4.31. The first-order valence-electron chi connectivity index (χ1n) is 24.1. The summed E-state index contributed by atoms with van der Waals surface area (Å²) >= 11 is 0. The molecule has 5 amide bonds. The zero-order valence-electron chi connectivity index (χ0n) is 39.5. The topological polar surface area (TPSA) is 180 Å². The van der Waals surface area contributed by atoms with Crippen LogP contribution in [0.3, 0.4) is 0 Å². The number of unbranched alkanes of at least 4 members (excludes halogenated alkanes) is 1. The van der Waals surface area contributed by atoms with E-state index in [0.717, 1.165) is 101 Å². The largest absolute Gasteiger partial charge is 0.493 e. The van der Waals surface area contributed by atoms with Gasteiger partial charge in [0.05, 0.1) is 42.0 Å². The summed E-state index contributed by atoms with van der Waals surface area (Å²) in [5, 5.41) is 6.47. The highest BCUT2D eigenvalue weighted by molar-refractivity contribution is 6.24. The summed E-state index contributed by atoms with van der Waals surface area (Å²) in [6.45, 7) is 7.06. The first kappa shape index (κ1) is 46.7. The monoisotopic (exact) mass is 951 g/mol. The Labute approximate surface area is 411 Å². The molecule has 1 unspecified atom stereocenters. The van der Waals surface area contributed by atoms with Crippen LogP contribution in [-0.2, 0) is 29.2 Å². The van der Waals surface area contributed by atoms with Gasteiger partial charge in [0.2, 0.25) is 11.8 Å². The van der Waals surface area contributed by atoms with E-state index < -0.39 is 29.7 Å². The van der Waals surface area contributed by atoms with Crippen LogP contribution in [0.15, 0.2) is 103 Å². The number of piperazine rings is 1. The van der Waals surface area contributed by atoms with Crippen LogP contribution in [0, 0.1) is 11.8 Å². The van der Waals surface area contributed by atoms with Gasteiger partial charge in [-0.2, -0.15) is 0 Å². The van der Waals surface area contributed by atoms with Gasteiger partial charge in [0, 0.05) is 80.0 Å². The SMILES string of the molecule is CNc1nc(-c2cnc3ccccc3c2)nc2c1CCN(C(=O)c1ccc(COc3ccc(C#CCN4CCN(CCCCOc5cccc6c5C(=O)N(C5CCC(=O)NC5=O)C6=O)CC4)cc3)cc1)C2. The van der Waals surface area contributed by atoms with E-state index in [4.69, 9.17) is 19.4 Å². The van der Waals surface area contributed by atoms with Crippen LogP contribution in [0.1, 0.15) is 79.1 Å². The van der Waals surface area contributed by atoms with Crippen molar-refractivity contribution in [2.75, 3.05) is 64.8 Å². The smallest absolute Gasteiger partial charge is 0.266 e. The maximum Gasteiger partial charge on any atom is 0.266 e. The summed E-state index contributed by atoms with van der Waals surface area (Å²) in [6, 6.07) is 29.3. The van der Waals surface area contributed by atoms with Crippen LogP contribution in [0.5, 0.6) is 11.5 Å². The number of carbonyl (C=O) groups is 5.